The Hall–Kier alpha value is -1.76. The number of nitrogens with one attached hydrogen (secondary N) is 1. The Balaban J connectivity index is 1.95. The molecule has 7 nitrogen and oxygen atoms in total. The molecule has 0 fully saturated rings. The van der Waals surface area contributed by atoms with Gasteiger partial charge in [0.2, 0.25) is 5.89 Å². The van der Waals surface area contributed by atoms with Crippen LogP contribution in [0.5, 0.6) is 0 Å². The second kappa shape index (κ2) is 5.70. The molecule has 1 N–H and O–H groups in total. The van der Waals surface area contributed by atoms with Crippen molar-refractivity contribution in [2.24, 2.45) is 0 Å². The smallest absolute Gasteiger partial charge is 0.248 e. The van der Waals surface area contributed by atoms with Crippen molar-refractivity contribution in [1.29, 1.82) is 0 Å². The summed E-state index contributed by atoms with van der Waals surface area (Å²) in [5.41, 5.74) is 0.950. The van der Waals surface area contributed by atoms with E-state index in [9.17, 15) is 0 Å². The first kappa shape index (κ1) is 14.6. The van der Waals surface area contributed by atoms with Crippen molar-refractivity contribution in [1.82, 2.24) is 30.5 Å². The van der Waals surface area contributed by atoms with E-state index in [1.165, 1.54) is 0 Å². The van der Waals surface area contributed by atoms with Gasteiger partial charge in [-0.3, -0.25) is 0 Å². The van der Waals surface area contributed by atoms with Gasteiger partial charge >= 0.3 is 0 Å². The van der Waals surface area contributed by atoms with Crippen molar-refractivity contribution in [3.63, 3.8) is 0 Å². The summed E-state index contributed by atoms with van der Waals surface area (Å²) in [6, 6.07) is 0. The predicted molar refractivity (Wildman–Crippen MR) is 74.1 cm³/mol. The largest absolute Gasteiger partial charge is 0.337 e. The normalized spacial score (nSPS) is 12.3. The molecular weight excluding hydrogens is 256 g/mol. The average Bonchev–Trinajstić information content (AvgIpc) is 2.95. The van der Waals surface area contributed by atoms with Gasteiger partial charge in [-0.15, -0.1) is 5.10 Å². The van der Waals surface area contributed by atoms with Gasteiger partial charge in [0.15, 0.2) is 5.82 Å². The molecule has 2 aromatic heterocycles. The summed E-state index contributed by atoms with van der Waals surface area (Å²) in [7, 11) is 0. The van der Waals surface area contributed by atoms with E-state index in [4.69, 9.17) is 4.52 Å². The molecule has 2 rings (SSSR count). The van der Waals surface area contributed by atoms with Crippen LogP contribution in [-0.2, 0) is 13.1 Å². The molecule has 2 heterocycles. The highest BCUT2D eigenvalue weighted by Crippen LogP contribution is 2.10. The highest BCUT2D eigenvalue weighted by molar-refractivity contribution is 4.96. The predicted octanol–water partition coefficient (Wildman–Crippen LogP) is 1.72. The van der Waals surface area contributed by atoms with Crippen LogP contribution >= 0.6 is 0 Å². The Kier molecular flexibility index (Phi) is 4.17. The summed E-state index contributed by atoms with van der Waals surface area (Å²) in [6.07, 6.45) is 1.89. The fourth-order valence-corrected chi connectivity index (χ4v) is 1.56. The van der Waals surface area contributed by atoms with Gasteiger partial charge in [-0.1, -0.05) is 24.2 Å². The number of hydrogen-bond acceptors (Lipinski definition) is 6. The molecule has 0 saturated carbocycles. The van der Waals surface area contributed by atoms with Crippen LogP contribution in [0.25, 0.3) is 0 Å². The molecule has 0 radical (unpaired) electrons. The number of aromatic nitrogens is 5. The summed E-state index contributed by atoms with van der Waals surface area (Å²) in [6.45, 7) is 11.5. The van der Waals surface area contributed by atoms with Gasteiger partial charge < -0.3 is 9.84 Å². The lowest BCUT2D eigenvalue weighted by molar-refractivity contribution is 0.358. The maximum absolute atomic E-state index is 5.19. The zero-order valence-corrected chi connectivity index (χ0v) is 12.7. The van der Waals surface area contributed by atoms with Crippen LogP contribution in [-0.4, -0.2) is 30.7 Å². The minimum absolute atomic E-state index is 0.0580. The van der Waals surface area contributed by atoms with E-state index in [-0.39, 0.29) is 11.5 Å². The Labute approximate surface area is 118 Å². The van der Waals surface area contributed by atoms with E-state index in [0.29, 0.717) is 19.0 Å². The second-order valence-corrected chi connectivity index (χ2v) is 6.21. The first-order chi connectivity index (χ1) is 9.33. The third kappa shape index (κ3) is 4.12. The van der Waals surface area contributed by atoms with Crippen LogP contribution < -0.4 is 5.32 Å². The van der Waals surface area contributed by atoms with E-state index in [1.54, 1.807) is 4.68 Å². The van der Waals surface area contributed by atoms with E-state index in [0.717, 1.165) is 11.5 Å². The van der Waals surface area contributed by atoms with Crippen LogP contribution in [0.15, 0.2) is 10.7 Å². The fraction of sp³-hybridized carbons (Fsp3) is 0.692. The van der Waals surface area contributed by atoms with E-state index in [1.807, 2.05) is 20.0 Å². The van der Waals surface area contributed by atoms with E-state index in [2.05, 4.69) is 46.5 Å². The number of rotatable bonds is 5. The highest BCUT2D eigenvalue weighted by Gasteiger charge is 2.12. The molecule has 0 atom stereocenters. The van der Waals surface area contributed by atoms with Crippen molar-refractivity contribution in [3.8, 4) is 0 Å². The minimum atomic E-state index is 0.0580. The number of nitrogens with zero attached hydrogens (tertiary/aromatic N) is 5. The van der Waals surface area contributed by atoms with Crippen molar-refractivity contribution >= 4 is 0 Å². The van der Waals surface area contributed by atoms with Crippen LogP contribution in [0, 0.1) is 0 Å². The molecule has 0 saturated heterocycles. The summed E-state index contributed by atoms with van der Waals surface area (Å²) in [4.78, 5) is 4.32. The van der Waals surface area contributed by atoms with Crippen LogP contribution in [0.4, 0.5) is 0 Å². The molecule has 0 aromatic carbocycles. The standard InChI is InChI=1S/C13H22N6O/c1-9(2)12-15-11(20-17-12)8-19-7-10(16-18-19)6-14-13(3,4)5/h7,9,14H,6,8H2,1-5H3. The SMILES string of the molecule is CC(C)c1noc(Cn2cc(CNC(C)(C)C)nn2)n1. The van der Waals surface area contributed by atoms with Crippen molar-refractivity contribution < 1.29 is 4.52 Å². The van der Waals surface area contributed by atoms with Gasteiger partial charge in [0.05, 0.1) is 11.9 Å². The maximum Gasteiger partial charge on any atom is 0.248 e. The van der Waals surface area contributed by atoms with E-state index < -0.39 is 0 Å². The Bertz CT molecular complexity index is 551. The van der Waals surface area contributed by atoms with Gasteiger partial charge in [0, 0.05) is 18.0 Å². The lowest BCUT2D eigenvalue weighted by Gasteiger charge is -2.19. The average molecular weight is 278 g/mol. The van der Waals surface area contributed by atoms with Crippen molar-refractivity contribution in [2.45, 2.75) is 59.2 Å². The van der Waals surface area contributed by atoms with Gasteiger partial charge in [-0.25, -0.2) is 4.68 Å². The quantitative estimate of drug-likeness (QED) is 0.896. The fourth-order valence-electron chi connectivity index (χ4n) is 1.56. The summed E-state index contributed by atoms with van der Waals surface area (Å²) in [5.74, 6) is 1.53. The summed E-state index contributed by atoms with van der Waals surface area (Å²) >= 11 is 0. The minimum Gasteiger partial charge on any atom is -0.337 e. The zero-order valence-electron chi connectivity index (χ0n) is 12.7. The monoisotopic (exact) mass is 278 g/mol. The molecule has 0 bridgehead atoms. The Morgan fingerprint density at radius 1 is 1.35 bits per heavy atom. The second-order valence-electron chi connectivity index (χ2n) is 6.21. The summed E-state index contributed by atoms with van der Waals surface area (Å²) < 4.78 is 6.89. The number of hydrogen-bond donors (Lipinski definition) is 1. The Morgan fingerprint density at radius 3 is 2.70 bits per heavy atom. The van der Waals surface area contributed by atoms with Crippen molar-refractivity contribution in [3.05, 3.63) is 23.6 Å². The van der Waals surface area contributed by atoms with Crippen LogP contribution in [0.3, 0.4) is 0 Å². The molecule has 0 unspecified atom stereocenters. The topological polar surface area (TPSA) is 81.7 Å². The summed E-state index contributed by atoms with van der Waals surface area (Å²) in [5, 5.41) is 15.5. The molecule has 110 valence electrons. The zero-order chi connectivity index (χ0) is 14.8. The first-order valence-corrected chi connectivity index (χ1v) is 6.80. The van der Waals surface area contributed by atoms with Crippen LogP contribution in [0.2, 0.25) is 0 Å². The lowest BCUT2D eigenvalue weighted by Crippen LogP contribution is -2.35. The lowest BCUT2D eigenvalue weighted by atomic mass is 10.1. The molecule has 0 spiro atoms. The first-order valence-electron chi connectivity index (χ1n) is 6.80. The molecule has 0 aliphatic carbocycles. The third-order valence-electron chi connectivity index (χ3n) is 2.68. The van der Waals surface area contributed by atoms with Gasteiger partial charge in [0.25, 0.3) is 0 Å². The molecule has 20 heavy (non-hydrogen) atoms. The molecule has 0 aliphatic rings. The van der Waals surface area contributed by atoms with Crippen molar-refractivity contribution in [2.75, 3.05) is 0 Å². The third-order valence-corrected chi connectivity index (χ3v) is 2.68. The van der Waals surface area contributed by atoms with Crippen LogP contribution in [0.1, 0.15) is 57.9 Å². The Morgan fingerprint density at radius 2 is 2.10 bits per heavy atom. The van der Waals surface area contributed by atoms with Gasteiger partial charge in [-0.2, -0.15) is 4.98 Å². The highest BCUT2D eigenvalue weighted by atomic mass is 16.5. The molecule has 7 heteroatoms. The van der Waals surface area contributed by atoms with Gasteiger partial charge in [-0.05, 0) is 20.8 Å². The molecule has 0 amide bonds. The van der Waals surface area contributed by atoms with E-state index >= 15 is 0 Å². The molecule has 2 aromatic rings. The molecular formula is C13H22N6O. The van der Waals surface area contributed by atoms with Gasteiger partial charge in [0.1, 0.15) is 6.54 Å². The molecule has 0 aliphatic heterocycles. The maximum atomic E-state index is 5.19.